The van der Waals surface area contributed by atoms with Crippen LogP contribution in [0.3, 0.4) is 0 Å². The number of ether oxygens (including phenoxy) is 2. The van der Waals surface area contributed by atoms with Crippen molar-refractivity contribution in [1.29, 1.82) is 0 Å². The third kappa shape index (κ3) is 1.61. The minimum atomic E-state index is 0.0526. The van der Waals surface area contributed by atoms with Crippen molar-refractivity contribution in [2.75, 3.05) is 19.8 Å². The average Bonchev–Trinajstić information content (AvgIpc) is 2.32. The van der Waals surface area contributed by atoms with E-state index in [4.69, 9.17) is 26.8 Å². The van der Waals surface area contributed by atoms with Gasteiger partial charge in [-0.05, 0) is 25.3 Å². The van der Waals surface area contributed by atoms with Crippen LogP contribution in [0.5, 0.6) is 11.5 Å². The van der Waals surface area contributed by atoms with Crippen LogP contribution in [0.15, 0.2) is 6.07 Å². The maximum absolute atomic E-state index is 6.45. The highest BCUT2D eigenvalue weighted by Gasteiger charge is 2.41. The summed E-state index contributed by atoms with van der Waals surface area (Å²) in [4.78, 5) is 0. The molecular weight excluding hydrogens is 250 g/mol. The van der Waals surface area contributed by atoms with Gasteiger partial charge in [0.15, 0.2) is 11.5 Å². The van der Waals surface area contributed by atoms with Crippen molar-refractivity contribution in [3.8, 4) is 11.5 Å². The number of hydrogen-bond acceptors (Lipinski definition) is 3. The first-order valence-electron chi connectivity index (χ1n) is 6.47. The van der Waals surface area contributed by atoms with E-state index in [1.807, 2.05) is 6.07 Å². The van der Waals surface area contributed by atoms with E-state index in [0.717, 1.165) is 34.9 Å². The monoisotopic (exact) mass is 267 g/mol. The van der Waals surface area contributed by atoms with Crippen LogP contribution < -0.4 is 15.2 Å². The van der Waals surface area contributed by atoms with Crippen LogP contribution in [0, 0.1) is 6.92 Å². The Morgan fingerprint density at radius 2 is 2.06 bits per heavy atom. The molecule has 98 valence electrons. The van der Waals surface area contributed by atoms with E-state index in [9.17, 15) is 0 Å². The van der Waals surface area contributed by atoms with Gasteiger partial charge in [-0.15, -0.1) is 0 Å². The molecule has 0 amide bonds. The molecule has 18 heavy (non-hydrogen) atoms. The summed E-state index contributed by atoms with van der Waals surface area (Å²) in [6.45, 7) is 3.90. The molecule has 0 radical (unpaired) electrons. The van der Waals surface area contributed by atoms with Gasteiger partial charge in [0.25, 0.3) is 0 Å². The predicted octanol–water partition coefficient (Wildman–Crippen LogP) is 2.80. The lowest BCUT2D eigenvalue weighted by atomic mass is 9.63. The van der Waals surface area contributed by atoms with Crippen LogP contribution in [0.4, 0.5) is 0 Å². The third-order valence-electron chi connectivity index (χ3n) is 4.26. The molecule has 2 aliphatic rings. The van der Waals surface area contributed by atoms with Crippen molar-refractivity contribution in [2.45, 2.75) is 31.6 Å². The molecule has 1 aromatic carbocycles. The molecule has 0 spiro atoms. The molecular formula is C14H18ClNO2. The van der Waals surface area contributed by atoms with E-state index in [-0.39, 0.29) is 5.41 Å². The fourth-order valence-corrected chi connectivity index (χ4v) is 3.56. The number of fused-ring (bicyclic) bond motifs is 1. The van der Waals surface area contributed by atoms with Gasteiger partial charge in [0, 0.05) is 28.6 Å². The van der Waals surface area contributed by atoms with Crippen molar-refractivity contribution in [3.63, 3.8) is 0 Å². The normalized spacial score (nSPS) is 20.4. The summed E-state index contributed by atoms with van der Waals surface area (Å²) in [5.74, 6) is 1.61. The fourth-order valence-electron chi connectivity index (χ4n) is 3.12. The standard InChI is InChI=1S/C14H18ClNO2/c1-9-12(14(8-16)3-2-4-14)10(15)7-11-13(9)18-6-5-17-11/h7H,2-6,8,16H2,1H3. The summed E-state index contributed by atoms with van der Waals surface area (Å²) >= 11 is 6.45. The van der Waals surface area contributed by atoms with Crippen molar-refractivity contribution in [1.82, 2.24) is 0 Å². The van der Waals surface area contributed by atoms with Gasteiger partial charge in [0.1, 0.15) is 13.2 Å². The predicted molar refractivity (Wildman–Crippen MR) is 71.8 cm³/mol. The van der Waals surface area contributed by atoms with E-state index in [0.29, 0.717) is 19.8 Å². The quantitative estimate of drug-likeness (QED) is 0.896. The zero-order valence-corrected chi connectivity index (χ0v) is 11.3. The summed E-state index contributed by atoms with van der Waals surface area (Å²) in [6, 6.07) is 1.88. The summed E-state index contributed by atoms with van der Waals surface area (Å²) in [7, 11) is 0. The summed E-state index contributed by atoms with van der Waals surface area (Å²) in [6.07, 6.45) is 3.45. The lowest BCUT2D eigenvalue weighted by Crippen LogP contribution is -2.42. The van der Waals surface area contributed by atoms with Crippen molar-refractivity contribution < 1.29 is 9.47 Å². The molecule has 0 bridgehead atoms. The number of hydrogen-bond donors (Lipinski definition) is 1. The van der Waals surface area contributed by atoms with Crippen LogP contribution in [0.1, 0.15) is 30.4 Å². The zero-order valence-electron chi connectivity index (χ0n) is 10.6. The summed E-state index contributed by atoms with van der Waals surface area (Å²) < 4.78 is 11.3. The van der Waals surface area contributed by atoms with Gasteiger partial charge in [-0.1, -0.05) is 18.0 Å². The Balaban J connectivity index is 2.15. The second-order valence-electron chi connectivity index (χ2n) is 5.22. The molecule has 0 atom stereocenters. The Morgan fingerprint density at radius 1 is 1.33 bits per heavy atom. The molecule has 1 fully saturated rings. The van der Waals surface area contributed by atoms with Crippen molar-refractivity contribution in [2.24, 2.45) is 5.73 Å². The Hall–Kier alpha value is -0.930. The van der Waals surface area contributed by atoms with Crippen molar-refractivity contribution in [3.05, 3.63) is 22.2 Å². The van der Waals surface area contributed by atoms with Crippen LogP contribution >= 0.6 is 11.6 Å². The lowest BCUT2D eigenvalue weighted by molar-refractivity contribution is 0.168. The molecule has 1 heterocycles. The Labute approximate surface area is 112 Å². The van der Waals surface area contributed by atoms with Gasteiger partial charge in [0.05, 0.1) is 0 Å². The molecule has 0 aromatic heterocycles. The minimum absolute atomic E-state index is 0.0526. The number of halogens is 1. The molecule has 0 unspecified atom stereocenters. The van der Waals surface area contributed by atoms with Crippen LogP contribution in [0.25, 0.3) is 0 Å². The van der Waals surface area contributed by atoms with Crippen molar-refractivity contribution >= 4 is 11.6 Å². The molecule has 1 aliphatic heterocycles. The largest absolute Gasteiger partial charge is 0.486 e. The van der Waals surface area contributed by atoms with E-state index < -0.39 is 0 Å². The molecule has 1 saturated carbocycles. The topological polar surface area (TPSA) is 44.5 Å². The lowest BCUT2D eigenvalue weighted by Gasteiger charge is -2.43. The maximum Gasteiger partial charge on any atom is 0.164 e. The van der Waals surface area contributed by atoms with E-state index in [2.05, 4.69) is 6.92 Å². The molecule has 4 heteroatoms. The molecule has 1 aromatic rings. The average molecular weight is 268 g/mol. The van der Waals surface area contributed by atoms with Crippen LogP contribution in [-0.2, 0) is 5.41 Å². The third-order valence-corrected chi connectivity index (χ3v) is 4.55. The maximum atomic E-state index is 6.45. The summed E-state index contributed by atoms with van der Waals surface area (Å²) in [5, 5.41) is 0.766. The van der Waals surface area contributed by atoms with Gasteiger partial charge < -0.3 is 15.2 Å². The first-order valence-corrected chi connectivity index (χ1v) is 6.85. The van der Waals surface area contributed by atoms with Crippen LogP contribution in [-0.4, -0.2) is 19.8 Å². The number of rotatable bonds is 2. The molecule has 3 nitrogen and oxygen atoms in total. The molecule has 0 saturated heterocycles. The highest BCUT2D eigenvalue weighted by Crippen LogP contribution is 2.51. The van der Waals surface area contributed by atoms with Gasteiger partial charge in [-0.2, -0.15) is 0 Å². The number of benzene rings is 1. The second-order valence-corrected chi connectivity index (χ2v) is 5.63. The Bertz CT molecular complexity index is 478. The highest BCUT2D eigenvalue weighted by atomic mass is 35.5. The molecule has 2 N–H and O–H groups in total. The van der Waals surface area contributed by atoms with Crippen LogP contribution in [0.2, 0.25) is 5.02 Å². The Kier molecular flexibility index (Phi) is 2.91. The smallest absolute Gasteiger partial charge is 0.164 e. The second kappa shape index (κ2) is 4.32. The fraction of sp³-hybridized carbons (Fsp3) is 0.571. The first kappa shape index (κ1) is 12.1. The van der Waals surface area contributed by atoms with Gasteiger partial charge in [-0.25, -0.2) is 0 Å². The molecule has 1 aliphatic carbocycles. The van der Waals surface area contributed by atoms with Gasteiger partial charge in [-0.3, -0.25) is 0 Å². The summed E-state index contributed by atoms with van der Waals surface area (Å²) in [5.41, 5.74) is 8.30. The zero-order chi connectivity index (χ0) is 12.8. The van der Waals surface area contributed by atoms with Gasteiger partial charge in [0.2, 0.25) is 0 Å². The highest BCUT2D eigenvalue weighted by molar-refractivity contribution is 6.31. The minimum Gasteiger partial charge on any atom is -0.486 e. The Morgan fingerprint density at radius 3 is 2.67 bits per heavy atom. The number of nitrogens with two attached hydrogens (primary N) is 1. The van der Waals surface area contributed by atoms with Gasteiger partial charge >= 0.3 is 0 Å². The SMILES string of the molecule is Cc1c2c(cc(Cl)c1C1(CN)CCC1)OCCO2. The molecule has 3 rings (SSSR count). The van der Waals surface area contributed by atoms with E-state index in [1.165, 1.54) is 12.0 Å². The van der Waals surface area contributed by atoms with E-state index in [1.54, 1.807) is 0 Å². The van der Waals surface area contributed by atoms with E-state index >= 15 is 0 Å². The first-order chi connectivity index (χ1) is 8.68.